The topological polar surface area (TPSA) is 84.9 Å². The summed E-state index contributed by atoms with van der Waals surface area (Å²) in [5, 5.41) is 2.23. The van der Waals surface area contributed by atoms with Crippen molar-refractivity contribution in [1.29, 1.82) is 0 Å². The molecule has 1 fully saturated rings. The van der Waals surface area contributed by atoms with Crippen molar-refractivity contribution >= 4 is 45.5 Å². The number of hydrogen-bond donors (Lipinski definition) is 1. The van der Waals surface area contributed by atoms with Crippen LogP contribution in [0.25, 0.3) is 6.08 Å². The first-order valence-corrected chi connectivity index (χ1v) is 11.2. The molecule has 3 aromatic carbocycles. The van der Waals surface area contributed by atoms with Gasteiger partial charge in [0.25, 0.3) is 11.8 Å². The highest BCUT2D eigenvalue weighted by atomic mass is 79.9. The number of amides is 4. The van der Waals surface area contributed by atoms with Crippen molar-refractivity contribution in [2.75, 3.05) is 12.0 Å². The van der Waals surface area contributed by atoms with E-state index in [4.69, 9.17) is 9.47 Å². The highest BCUT2D eigenvalue weighted by molar-refractivity contribution is 9.10. The van der Waals surface area contributed by atoms with Crippen molar-refractivity contribution in [1.82, 2.24) is 5.32 Å². The molecule has 0 unspecified atom stereocenters. The number of halogens is 1. The third-order valence-corrected chi connectivity index (χ3v) is 6.01. The first-order chi connectivity index (χ1) is 16.4. The molecule has 0 atom stereocenters. The van der Waals surface area contributed by atoms with Gasteiger partial charge in [-0.1, -0.05) is 57.9 Å². The van der Waals surface area contributed by atoms with Crippen LogP contribution < -0.4 is 19.7 Å². The molecule has 7 nitrogen and oxygen atoms in total. The van der Waals surface area contributed by atoms with E-state index >= 15 is 0 Å². The van der Waals surface area contributed by atoms with Gasteiger partial charge in [0.15, 0.2) is 11.5 Å². The minimum absolute atomic E-state index is 0.163. The van der Waals surface area contributed by atoms with E-state index in [0.717, 1.165) is 20.5 Å². The van der Waals surface area contributed by atoms with Crippen LogP contribution in [-0.4, -0.2) is 25.0 Å². The molecule has 34 heavy (non-hydrogen) atoms. The van der Waals surface area contributed by atoms with Crippen LogP contribution >= 0.6 is 15.9 Å². The molecule has 0 bridgehead atoms. The number of benzene rings is 3. The maximum absolute atomic E-state index is 13.1. The highest BCUT2D eigenvalue weighted by Crippen LogP contribution is 2.31. The molecule has 172 valence electrons. The van der Waals surface area contributed by atoms with E-state index < -0.39 is 17.8 Å². The number of anilines is 1. The summed E-state index contributed by atoms with van der Waals surface area (Å²) in [6.07, 6.45) is 1.42. The lowest BCUT2D eigenvalue weighted by molar-refractivity contribution is -0.122. The Morgan fingerprint density at radius 2 is 1.71 bits per heavy atom. The van der Waals surface area contributed by atoms with Gasteiger partial charge in [-0.15, -0.1) is 0 Å². The van der Waals surface area contributed by atoms with Gasteiger partial charge in [-0.25, -0.2) is 9.69 Å². The van der Waals surface area contributed by atoms with Crippen LogP contribution in [0, 0.1) is 6.92 Å². The van der Waals surface area contributed by atoms with Crippen molar-refractivity contribution in [3.63, 3.8) is 0 Å². The minimum Gasteiger partial charge on any atom is -0.493 e. The van der Waals surface area contributed by atoms with Gasteiger partial charge < -0.3 is 9.47 Å². The summed E-state index contributed by atoms with van der Waals surface area (Å²) in [5.74, 6) is -0.509. The fourth-order valence-electron chi connectivity index (χ4n) is 3.42. The number of urea groups is 1. The van der Waals surface area contributed by atoms with Gasteiger partial charge in [-0.3, -0.25) is 14.9 Å². The van der Waals surface area contributed by atoms with E-state index in [1.165, 1.54) is 13.2 Å². The number of nitrogens with zero attached hydrogens (tertiary/aromatic N) is 1. The number of carbonyl (C=O) groups is 3. The Balaban J connectivity index is 1.60. The van der Waals surface area contributed by atoms with E-state index in [9.17, 15) is 14.4 Å². The predicted octanol–water partition coefficient (Wildman–Crippen LogP) is 5.01. The number of nitrogens with one attached hydrogen (secondary N) is 1. The highest BCUT2D eigenvalue weighted by Gasteiger charge is 2.36. The number of ether oxygens (including phenoxy) is 2. The van der Waals surface area contributed by atoms with Crippen LogP contribution in [0.4, 0.5) is 10.5 Å². The second-order valence-electron chi connectivity index (χ2n) is 7.58. The van der Waals surface area contributed by atoms with Gasteiger partial charge in [0.1, 0.15) is 12.2 Å². The van der Waals surface area contributed by atoms with Crippen molar-refractivity contribution in [3.05, 3.63) is 93.5 Å². The summed E-state index contributed by atoms with van der Waals surface area (Å²) < 4.78 is 12.3. The molecule has 1 heterocycles. The van der Waals surface area contributed by atoms with E-state index in [1.807, 2.05) is 31.2 Å². The van der Waals surface area contributed by atoms with Gasteiger partial charge in [0, 0.05) is 10.0 Å². The number of carbonyl (C=O) groups excluding carboxylic acids is 3. The maximum atomic E-state index is 13.1. The molecule has 0 aliphatic carbocycles. The van der Waals surface area contributed by atoms with Gasteiger partial charge in [0.2, 0.25) is 0 Å². The molecule has 0 aromatic heterocycles. The average molecular weight is 521 g/mol. The summed E-state index contributed by atoms with van der Waals surface area (Å²) >= 11 is 3.50. The van der Waals surface area contributed by atoms with Gasteiger partial charge >= 0.3 is 6.03 Å². The van der Waals surface area contributed by atoms with Crippen molar-refractivity contribution in [2.45, 2.75) is 13.5 Å². The fourth-order valence-corrected chi connectivity index (χ4v) is 3.82. The fraction of sp³-hybridized carbons (Fsp3) is 0.115. The van der Waals surface area contributed by atoms with Crippen LogP contribution in [0.3, 0.4) is 0 Å². The number of rotatable bonds is 6. The molecule has 1 saturated heterocycles. The quantitative estimate of drug-likeness (QED) is 0.364. The zero-order valence-electron chi connectivity index (χ0n) is 18.5. The molecule has 0 spiro atoms. The van der Waals surface area contributed by atoms with Crippen molar-refractivity contribution in [2.24, 2.45) is 0 Å². The normalized spacial score (nSPS) is 14.9. The Kier molecular flexibility index (Phi) is 6.79. The summed E-state index contributed by atoms with van der Waals surface area (Å²) in [6.45, 7) is 2.23. The number of imide groups is 2. The largest absolute Gasteiger partial charge is 0.493 e. The third-order valence-electron chi connectivity index (χ3n) is 5.23. The maximum Gasteiger partial charge on any atom is 0.335 e. The molecule has 1 aliphatic rings. The lowest BCUT2D eigenvalue weighted by atomic mass is 10.1. The molecule has 4 rings (SSSR count). The van der Waals surface area contributed by atoms with Crippen LogP contribution in [-0.2, 0) is 16.2 Å². The molecule has 0 saturated carbocycles. The predicted molar refractivity (Wildman–Crippen MR) is 132 cm³/mol. The standard InChI is InChI=1S/C26H21BrN2O5/c1-16-7-10-19(11-8-16)29-25(31)20(24(30)28-26(29)32)13-17-9-12-22(23(14-17)33-2)34-15-18-5-3-4-6-21(18)27/h3-14H,15H2,1-2H3,(H,28,30,32)/b20-13+. The lowest BCUT2D eigenvalue weighted by Gasteiger charge is -2.26. The zero-order chi connectivity index (χ0) is 24.2. The molecule has 3 aromatic rings. The van der Waals surface area contributed by atoms with Crippen molar-refractivity contribution in [3.8, 4) is 11.5 Å². The summed E-state index contributed by atoms with van der Waals surface area (Å²) in [4.78, 5) is 38.8. The van der Waals surface area contributed by atoms with Gasteiger partial charge in [0.05, 0.1) is 12.8 Å². The van der Waals surface area contributed by atoms with E-state index in [0.29, 0.717) is 29.4 Å². The number of hydrogen-bond acceptors (Lipinski definition) is 5. The number of barbiturate groups is 1. The first-order valence-electron chi connectivity index (χ1n) is 10.4. The van der Waals surface area contributed by atoms with Crippen LogP contribution in [0.2, 0.25) is 0 Å². The molecule has 4 amide bonds. The summed E-state index contributed by atoms with van der Waals surface area (Å²) in [5.41, 5.74) is 2.71. The van der Waals surface area contributed by atoms with Crippen LogP contribution in [0.15, 0.2) is 76.8 Å². The Hall–Kier alpha value is -3.91. The zero-order valence-corrected chi connectivity index (χ0v) is 20.1. The van der Waals surface area contributed by atoms with E-state index in [1.54, 1.807) is 42.5 Å². The molecule has 1 aliphatic heterocycles. The number of methoxy groups -OCH3 is 1. The number of aryl methyl sites for hydroxylation is 1. The Morgan fingerprint density at radius 1 is 0.971 bits per heavy atom. The minimum atomic E-state index is -0.788. The first kappa shape index (κ1) is 23.3. The Bertz CT molecular complexity index is 1300. The lowest BCUT2D eigenvalue weighted by Crippen LogP contribution is -2.54. The van der Waals surface area contributed by atoms with E-state index in [-0.39, 0.29) is 5.57 Å². The molecule has 1 N–H and O–H groups in total. The van der Waals surface area contributed by atoms with Crippen molar-refractivity contribution < 1.29 is 23.9 Å². The molecular weight excluding hydrogens is 500 g/mol. The molecular formula is C26H21BrN2O5. The smallest absolute Gasteiger partial charge is 0.335 e. The summed E-state index contributed by atoms with van der Waals surface area (Å²) in [7, 11) is 1.51. The van der Waals surface area contributed by atoms with Gasteiger partial charge in [-0.05, 0) is 48.9 Å². The molecule has 0 radical (unpaired) electrons. The average Bonchev–Trinajstić information content (AvgIpc) is 2.82. The summed E-state index contributed by atoms with van der Waals surface area (Å²) in [6, 6.07) is 18.9. The molecule has 8 heteroatoms. The monoisotopic (exact) mass is 520 g/mol. The van der Waals surface area contributed by atoms with E-state index in [2.05, 4.69) is 21.2 Å². The SMILES string of the molecule is COc1cc(/C=C2\C(=O)NC(=O)N(c3ccc(C)cc3)C2=O)ccc1OCc1ccccc1Br. The van der Waals surface area contributed by atoms with Gasteiger partial charge in [-0.2, -0.15) is 0 Å². The second kappa shape index (κ2) is 9.93. The third kappa shape index (κ3) is 4.87. The Labute approximate surface area is 205 Å². The van der Waals surface area contributed by atoms with Crippen LogP contribution in [0.5, 0.6) is 11.5 Å². The Morgan fingerprint density at radius 3 is 2.41 bits per heavy atom. The second-order valence-corrected chi connectivity index (χ2v) is 8.44. The van der Waals surface area contributed by atoms with Crippen LogP contribution in [0.1, 0.15) is 16.7 Å².